The summed E-state index contributed by atoms with van der Waals surface area (Å²) in [5.74, 6) is -1.10. The number of hydrogen-bond acceptors (Lipinski definition) is 3. The Labute approximate surface area is 127 Å². The quantitative estimate of drug-likeness (QED) is 0.547. The van der Waals surface area contributed by atoms with Crippen molar-refractivity contribution in [1.82, 2.24) is 0 Å². The molecule has 0 bridgehead atoms. The van der Waals surface area contributed by atoms with Gasteiger partial charge in [-0.1, -0.05) is 6.07 Å². The highest BCUT2D eigenvalue weighted by atomic mass is 16.2. The monoisotopic (exact) mass is 286 g/mol. The number of fused-ring (bicyclic) bond motifs is 3. The highest BCUT2D eigenvalue weighted by Crippen LogP contribution is 2.39. The van der Waals surface area contributed by atoms with Gasteiger partial charge in [-0.05, 0) is 54.3 Å². The van der Waals surface area contributed by atoms with Gasteiger partial charge in [-0.2, -0.15) is 5.26 Å². The Kier molecular flexibility index (Phi) is 2.90. The molecule has 3 rings (SSSR count). The largest absolute Gasteiger partial charge is 0.285 e. The summed E-state index contributed by atoms with van der Waals surface area (Å²) in [4.78, 5) is 28.2. The number of aryl methyl sites for hydroxylation is 2. The van der Waals surface area contributed by atoms with Gasteiger partial charge in [-0.15, -0.1) is 0 Å². The summed E-state index contributed by atoms with van der Waals surface area (Å²) >= 11 is 0. The second-order valence-corrected chi connectivity index (χ2v) is 5.28. The minimum absolute atomic E-state index is 0.332. The average Bonchev–Trinajstić information content (AvgIpc) is 2.51. The van der Waals surface area contributed by atoms with Gasteiger partial charge in [0.15, 0.2) is 5.69 Å². The fourth-order valence-corrected chi connectivity index (χ4v) is 2.94. The first-order valence-electron chi connectivity index (χ1n) is 6.64. The van der Waals surface area contributed by atoms with E-state index in [1.807, 2.05) is 0 Å². The van der Waals surface area contributed by atoms with Gasteiger partial charge in [0, 0.05) is 11.1 Å². The van der Waals surface area contributed by atoms with Crippen molar-refractivity contribution in [1.29, 1.82) is 5.26 Å². The standard InChI is InChI=1S/C18H10N2O2/c1-9-4-11(8-19)6-13-14-7-12(20-3)5-10(2)16(14)18(22)17(21)15(9)13/h4-7H,1-2H3. The topological polar surface area (TPSA) is 62.3 Å². The van der Waals surface area contributed by atoms with E-state index in [0.717, 1.165) is 0 Å². The molecule has 0 aliphatic heterocycles. The van der Waals surface area contributed by atoms with E-state index < -0.39 is 11.6 Å². The zero-order valence-electron chi connectivity index (χ0n) is 12.0. The molecule has 1 aliphatic carbocycles. The zero-order chi connectivity index (χ0) is 16.0. The molecule has 0 saturated heterocycles. The van der Waals surface area contributed by atoms with Crippen LogP contribution in [-0.2, 0) is 0 Å². The predicted molar refractivity (Wildman–Crippen MR) is 81.0 cm³/mol. The number of hydrogen-bond donors (Lipinski definition) is 0. The van der Waals surface area contributed by atoms with Crippen molar-refractivity contribution in [2.45, 2.75) is 13.8 Å². The Morgan fingerprint density at radius 3 is 2.05 bits per heavy atom. The molecular weight excluding hydrogens is 276 g/mol. The van der Waals surface area contributed by atoms with E-state index in [1.54, 1.807) is 38.1 Å². The van der Waals surface area contributed by atoms with Crippen molar-refractivity contribution in [2.24, 2.45) is 0 Å². The first kappa shape index (κ1) is 13.7. The molecular formula is C18H10N2O2. The van der Waals surface area contributed by atoms with E-state index in [0.29, 0.717) is 44.6 Å². The molecule has 1 aliphatic rings. The van der Waals surface area contributed by atoms with Gasteiger partial charge < -0.3 is 0 Å². The molecule has 22 heavy (non-hydrogen) atoms. The van der Waals surface area contributed by atoms with Crippen molar-refractivity contribution in [3.05, 3.63) is 63.5 Å². The second kappa shape index (κ2) is 4.65. The third-order valence-corrected chi connectivity index (χ3v) is 3.86. The van der Waals surface area contributed by atoms with Gasteiger partial charge in [-0.3, -0.25) is 9.59 Å². The number of nitriles is 1. The van der Waals surface area contributed by atoms with E-state index in [1.165, 1.54) is 0 Å². The predicted octanol–water partition coefficient (Wildman–Crippen LogP) is 3.77. The summed E-state index contributed by atoms with van der Waals surface area (Å²) in [6.07, 6.45) is 0. The van der Waals surface area contributed by atoms with Crippen LogP contribution in [0.5, 0.6) is 0 Å². The Hall–Kier alpha value is -3.24. The molecule has 0 aromatic heterocycles. The molecule has 104 valence electrons. The highest BCUT2D eigenvalue weighted by molar-refractivity contribution is 6.53. The maximum atomic E-state index is 12.4. The summed E-state index contributed by atoms with van der Waals surface area (Å²) in [5.41, 5.74) is 3.82. The van der Waals surface area contributed by atoms with Crippen LogP contribution in [0.25, 0.3) is 16.0 Å². The number of rotatable bonds is 0. The van der Waals surface area contributed by atoms with Crippen molar-refractivity contribution in [2.75, 3.05) is 0 Å². The summed E-state index contributed by atoms with van der Waals surface area (Å²) in [6.45, 7) is 10.6. The smallest absolute Gasteiger partial charge is 0.234 e. The van der Waals surface area contributed by atoms with Crippen molar-refractivity contribution in [3.63, 3.8) is 0 Å². The Bertz CT molecular complexity index is 877. The second-order valence-electron chi connectivity index (χ2n) is 5.28. The third kappa shape index (κ3) is 1.75. The van der Waals surface area contributed by atoms with Crippen LogP contribution in [0, 0.1) is 31.8 Å². The molecule has 2 aromatic carbocycles. The molecule has 0 spiro atoms. The molecule has 0 fully saturated rings. The van der Waals surface area contributed by atoms with Crippen LogP contribution in [-0.4, -0.2) is 11.6 Å². The van der Waals surface area contributed by atoms with Gasteiger partial charge >= 0.3 is 0 Å². The number of carbonyl (C=O) groups excluding carboxylic acids is 2. The molecule has 0 radical (unpaired) electrons. The first-order valence-corrected chi connectivity index (χ1v) is 6.64. The minimum Gasteiger partial charge on any atom is -0.285 e. The lowest BCUT2D eigenvalue weighted by Crippen LogP contribution is -2.23. The van der Waals surface area contributed by atoms with E-state index in [4.69, 9.17) is 11.8 Å². The molecule has 2 aromatic rings. The minimum atomic E-state index is -0.553. The normalized spacial score (nSPS) is 12.2. The molecule has 0 saturated carbocycles. The highest BCUT2D eigenvalue weighted by Gasteiger charge is 2.33. The summed E-state index contributed by atoms with van der Waals surface area (Å²) in [5, 5.41) is 9.13. The SMILES string of the molecule is [C-]#[N+]c1cc(C)c2c(c1)-c1cc(C#N)cc(C)c1C(=O)C2=O. The van der Waals surface area contributed by atoms with Crippen LogP contribution in [0.2, 0.25) is 0 Å². The van der Waals surface area contributed by atoms with E-state index >= 15 is 0 Å². The molecule has 0 amide bonds. The number of benzene rings is 2. The maximum Gasteiger partial charge on any atom is 0.234 e. The van der Waals surface area contributed by atoms with Crippen molar-refractivity contribution < 1.29 is 9.59 Å². The molecule has 0 unspecified atom stereocenters. The Morgan fingerprint density at radius 1 is 0.955 bits per heavy atom. The van der Waals surface area contributed by atoms with Crippen molar-refractivity contribution in [3.8, 4) is 17.2 Å². The molecule has 0 atom stereocenters. The summed E-state index contributed by atoms with van der Waals surface area (Å²) in [6, 6.07) is 8.48. The lowest BCUT2D eigenvalue weighted by molar-refractivity contribution is 0.0814. The average molecular weight is 286 g/mol. The van der Waals surface area contributed by atoms with E-state index in [9.17, 15) is 9.59 Å². The Morgan fingerprint density at radius 2 is 1.50 bits per heavy atom. The van der Waals surface area contributed by atoms with Gasteiger partial charge in [0.05, 0.1) is 18.2 Å². The fraction of sp³-hybridized carbons (Fsp3) is 0.111. The third-order valence-electron chi connectivity index (χ3n) is 3.86. The lowest BCUT2D eigenvalue weighted by atomic mass is 9.79. The molecule has 0 N–H and O–H groups in total. The summed E-state index contributed by atoms with van der Waals surface area (Å²) in [7, 11) is 0. The van der Waals surface area contributed by atoms with Crippen molar-refractivity contribution >= 4 is 17.3 Å². The lowest BCUT2D eigenvalue weighted by Gasteiger charge is -2.22. The Balaban J connectivity index is 2.49. The van der Waals surface area contributed by atoms with Crippen LogP contribution in [0.1, 0.15) is 37.4 Å². The van der Waals surface area contributed by atoms with Gasteiger partial charge in [0.2, 0.25) is 11.6 Å². The van der Waals surface area contributed by atoms with Gasteiger partial charge in [0.25, 0.3) is 0 Å². The number of ketones is 2. The first-order chi connectivity index (χ1) is 10.5. The molecule has 0 heterocycles. The van der Waals surface area contributed by atoms with Gasteiger partial charge in [-0.25, -0.2) is 4.85 Å². The molecule has 4 heteroatoms. The van der Waals surface area contributed by atoms with Crippen LogP contribution in [0.4, 0.5) is 5.69 Å². The number of carbonyl (C=O) groups is 2. The van der Waals surface area contributed by atoms with Crippen LogP contribution in [0.3, 0.4) is 0 Å². The van der Waals surface area contributed by atoms with Crippen LogP contribution < -0.4 is 0 Å². The maximum absolute atomic E-state index is 12.4. The van der Waals surface area contributed by atoms with E-state index in [2.05, 4.69) is 10.9 Å². The number of nitrogens with zero attached hydrogens (tertiary/aromatic N) is 2. The fourth-order valence-electron chi connectivity index (χ4n) is 2.94. The van der Waals surface area contributed by atoms with Crippen LogP contribution in [0.15, 0.2) is 24.3 Å². The summed E-state index contributed by atoms with van der Waals surface area (Å²) < 4.78 is 0. The van der Waals surface area contributed by atoms with Crippen LogP contribution >= 0.6 is 0 Å². The van der Waals surface area contributed by atoms with E-state index in [-0.39, 0.29) is 0 Å². The molecule has 4 nitrogen and oxygen atoms in total. The van der Waals surface area contributed by atoms with Gasteiger partial charge in [0.1, 0.15) is 0 Å². The number of Topliss-reactive ketones (excluding diaryl/α,β-unsaturated/α-hetero) is 2. The zero-order valence-corrected chi connectivity index (χ0v) is 12.0.